The van der Waals surface area contributed by atoms with Crippen molar-refractivity contribution >= 4 is 0 Å². The van der Waals surface area contributed by atoms with Crippen LogP contribution in [-0.2, 0) is 4.74 Å². The summed E-state index contributed by atoms with van der Waals surface area (Å²) in [4.78, 5) is 0. The Morgan fingerprint density at radius 2 is 1.69 bits per heavy atom. The van der Waals surface area contributed by atoms with Crippen LogP contribution in [0.2, 0.25) is 0 Å². The molecule has 1 N–H and O–H groups in total. The molecule has 1 aromatic carbocycles. The van der Waals surface area contributed by atoms with Gasteiger partial charge in [-0.25, -0.2) is 8.78 Å². The molecule has 4 heteroatoms. The molecule has 2 nitrogen and oxygen atoms in total. The van der Waals surface area contributed by atoms with E-state index >= 15 is 0 Å². The maximum atomic E-state index is 13.1. The smallest absolute Gasteiger partial charge is 0.126 e. The first-order valence-corrected chi connectivity index (χ1v) is 5.09. The number of halogens is 2. The topological polar surface area (TPSA) is 21.3 Å². The molecule has 0 radical (unpaired) electrons. The van der Waals surface area contributed by atoms with E-state index in [1.54, 1.807) is 14.2 Å². The Balaban J connectivity index is 3.13. The van der Waals surface area contributed by atoms with Gasteiger partial charge in [0.2, 0.25) is 0 Å². The SMILES string of the molecule is CNC(c1cc(F)cc(F)c1)C(C)(C)OC. The Hall–Kier alpha value is -1.00. The molecule has 16 heavy (non-hydrogen) atoms. The maximum Gasteiger partial charge on any atom is 0.126 e. The van der Waals surface area contributed by atoms with Gasteiger partial charge < -0.3 is 10.1 Å². The average molecular weight is 229 g/mol. The summed E-state index contributed by atoms with van der Waals surface area (Å²) in [5, 5.41) is 3.01. The lowest BCUT2D eigenvalue weighted by molar-refractivity contribution is -0.00911. The largest absolute Gasteiger partial charge is 0.377 e. The maximum absolute atomic E-state index is 13.1. The molecule has 0 aromatic heterocycles. The molecule has 0 amide bonds. The van der Waals surface area contributed by atoms with Crippen molar-refractivity contribution in [2.24, 2.45) is 0 Å². The molecule has 1 rings (SSSR count). The Kier molecular flexibility index (Phi) is 3.99. The molecule has 0 aliphatic heterocycles. The van der Waals surface area contributed by atoms with E-state index in [2.05, 4.69) is 5.32 Å². The Morgan fingerprint density at radius 3 is 2.06 bits per heavy atom. The fraction of sp³-hybridized carbons (Fsp3) is 0.500. The van der Waals surface area contributed by atoms with E-state index in [1.807, 2.05) is 13.8 Å². The number of methoxy groups -OCH3 is 1. The molecule has 90 valence electrons. The minimum atomic E-state index is -0.581. The van der Waals surface area contributed by atoms with E-state index in [-0.39, 0.29) is 6.04 Å². The van der Waals surface area contributed by atoms with Crippen LogP contribution in [0.25, 0.3) is 0 Å². The van der Waals surface area contributed by atoms with E-state index in [0.717, 1.165) is 6.07 Å². The summed E-state index contributed by atoms with van der Waals surface area (Å²) in [6, 6.07) is 3.20. The Labute approximate surface area is 94.6 Å². The van der Waals surface area contributed by atoms with Crippen LogP contribution in [0, 0.1) is 11.6 Å². The van der Waals surface area contributed by atoms with Crippen LogP contribution in [0.5, 0.6) is 0 Å². The zero-order valence-corrected chi connectivity index (χ0v) is 9.97. The monoisotopic (exact) mass is 229 g/mol. The third-order valence-electron chi connectivity index (χ3n) is 2.73. The number of hydrogen-bond acceptors (Lipinski definition) is 2. The van der Waals surface area contributed by atoms with Crippen LogP contribution < -0.4 is 5.32 Å². The van der Waals surface area contributed by atoms with Gasteiger partial charge in [-0.3, -0.25) is 0 Å². The first-order valence-electron chi connectivity index (χ1n) is 5.09. The molecule has 0 fully saturated rings. The van der Waals surface area contributed by atoms with Crippen LogP contribution in [0.15, 0.2) is 18.2 Å². The standard InChI is InChI=1S/C12H17F2NO/c1-12(2,16-4)11(15-3)8-5-9(13)7-10(14)6-8/h5-7,11,15H,1-4H3. The van der Waals surface area contributed by atoms with E-state index in [0.29, 0.717) is 5.56 Å². The molecule has 0 aliphatic rings. The van der Waals surface area contributed by atoms with Crippen molar-refractivity contribution in [3.05, 3.63) is 35.4 Å². The zero-order chi connectivity index (χ0) is 12.3. The van der Waals surface area contributed by atoms with E-state index < -0.39 is 17.2 Å². The molecule has 0 spiro atoms. The average Bonchev–Trinajstić information content (AvgIpc) is 2.16. The normalized spacial score (nSPS) is 13.9. The van der Waals surface area contributed by atoms with Gasteiger partial charge in [-0.1, -0.05) is 0 Å². The molecule has 0 saturated heterocycles. The van der Waals surface area contributed by atoms with Crippen molar-refractivity contribution in [3.8, 4) is 0 Å². The van der Waals surface area contributed by atoms with Gasteiger partial charge in [-0.05, 0) is 38.6 Å². The van der Waals surface area contributed by atoms with Crippen molar-refractivity contribution in [1.29, 1.82) is 0 Å². The summed E-state index contributed by atoms with van der Waals surface area (Å²) in [5.74, 6) is -1.16. The fourth-order valence-corrected chi connectivity index (χ4v) is 1.78. The molecule has 1 unspecified atom stereocenters. The van der Waals surface area contributed by atoms with Crippen LogP contribution >= 0.6 is 0 Å². The summed E-state index contributed by atoms with van der Waals surface area (Å²) in [7, 11) is 3.30. The first kappa shape index (κ1) is 13.1. The molecule has 0 saturated carbocycles. The predicted molar refractivity (Wildman–Crippen MR) is 59.2 cm³/mol. The second-order valence-corrected chi connectivity index (χ2v) is 4.23. The summed E-state index contributed by atoms with van der Waals surface area (Å²) < 4.78 is 31.5. The quantitative estimate of drug-likeness (QED) is 0.857. The second-order valence-electron chi connectivity index (χ2n) is 4.23. The minimum absolute atomic E-state index is 0.275. The lowest BCUT2D eigenvalue weighted by Crippen LogP contribution is -2.39. The van der Waals surface area contributed by atoms with Crippen LogP contribution in [0.4, 0.5) is 8.78 Å². The number of likely N-dealkylation sites (N-methyl/N-ethyl adjacent to an activating group) is 1. The van der Waals surface area contributed by atoms with Gasteiger partial charge in [-0.15, -0.1) is 0 Å². The van der Waals surface area contributed by atoms with Crippen molar-refractivity contribution in [1.82, 2.24) is 5.32 Å². The van der Waals surface area contributed by atoms with Gasteiger partial charge in [0, 0.05) is 13.2 Å². The number of ether oxygens (including phenoxy) is 1. The highest BCUT2D eigenvalue weighted by atomic mass is 19.1. The second kappa shape index (κ2) is 4.89. The first-order chi connectivity index (χ1) is 7.40. The van der Waals surface area contributed by atoms with Crippen LogP contribution in [0.3, 0.4) is 0 Å². The molecular weight excluding hydrogens is 212 g/mol. The van der Waals surface area contributed by atoms with Crippen LogP contribution in [-0.4, -0.2) is 19.8 Å². The molecular formula is C12H17F2NO. The molecule has 1 aromatic rings. The zero-order valence-electron chi connectivity index (χ0n) is 9.97. The third-order valence-corrected chi connectivity index (χ3v) is 2.73. The van der Waals surface area contributed by atoms with Gasteiger partial charge in [0.05, 0.1) is 11.6 Å². The lowest BCUT2D eigenvalue weighted by atomic mass is 9.91. The van der Waals surface area contributed by atoms with Gasteiger partial charge in [-0.2, -0.15) is 0 Å². The van der Waals surface area contributed by atoms with Crippen molar-refractivity contribution in [2.45, 2.75) is 25.5 Å². The fourth-order valence-electron chi connectivity index (χ4n) is 1.78. The van der Waals surface area contributed by atoms with E-state index in [4.69, 9.17) is 4.74 Å². The summed E-state index contributed by atoms with van der Waals surface area (Å²) >= 11 is 0. The highest BCUT2D eigenvalue weighted by Gasteiger charge is 2.30. The lowest BCUT2D eigenvalue weighted by Gasteiger charge is -2.33. The van der Waals surface area contributed by atoms with Crippen molar-refractivity contribution in [3.63, 3.8) is 0 Å². The summed E-state index contributed by atoms with van der Waals surface area (Å²) in [6.45, 7) is 3.72. The highest BCUT2D eigenvalue weighted by Crippen LogP contribution is 2.28. The summed E-state index contributed by atoms with van der Waals surface area (Å²) in [5.41, 5.74) is -0.0125. The molecule has 0 heterocycles. The molecule has 0 bridgehead atoms. The van der Waals surface area contributed by atoms with E-state index in [1.165, 1.54) is 12.1 Å². The van der Waals surface area contributed by atoms with Gasteiger partial charge in [0.1, 0.15) is 11.6 Å². The van der Waals surface area contributed by atoms with E-state index in [9.17, 15) is 8.78 Å². The van der Waals surface area contributed by atoms with Gasteiger partial charge in [0.25, 0.3) is 0 Å². The number of nitrogens with one attached hydrogen (secondary N) is 1. The highest BCUT2D eigenvalue weighted by molar-refractivity contribution is 5.23. The summed E-state index contributed by atoms with van der Waals surface area (Å²) in [6.07, 6.45) is 0. The van der Waals surface area contributed by atoms with Gasteiger partial charge >= 0.3 is 0 Å². The number of hydrogen-bond donors (Lipinski definition) is 1. The number of benzene rings is 1. The molecule has 0 aliphatic carbocycles. The van der Waals surface area contributed by atoms with Crippen molar-refractivity contribution < 1.29 is 13.5 Å². The predicted octanol–water partition coefficient (Wildman–Crippen LogP) is 2.65. The van der Waals surface area contributed by atoms with Gasteiger partial charge in [0.15, 0.2) is 0 Å². The third kappa shape index (κ3) is 2.77. The number of rotatable bonds is 4. The minimum Gasteiger partial charge on any atom is -0.377 e. The Morgan fingerprint density at radius 1 is 1.19 bits per heavy atom. The Bertz CT molecular complexity index is 346. The van der Waals surface area contributed by atoms with Crippen molar-refractivity contribution in [2.75, 3.05) is 14.2 Å². The van der Waals surface area contributed by atoms with Crippen LogP contribution in [0.1, 0.15) is 25.5 Å². The molecule has 1 atom stereocenters.